The van der Waals surface area contributed by atoms with Crippen molar-refractivity contribution in [1.29, 1.82) is 0 Å². The third-order valence-corrected chi connectivity index (χ3v) is 2.92. The minimum atomic E-state index is -1.18. The zero-order chi connectivity index (χ0) is 14.8. The van der Waals surface area contributed by atoms with E-state index in [1.807, 2.05) is 24.3 Å². The highest BCUT2D eigenvalue weighted by molar-refractivity contribution is 5.74. The zero-order valence-electron chi connectivity index (χ0n) is 11.7. The van der Waals surface area contributed by atoms with E-state index < -0.39 is 12.1 Å². The summed E-state index contributed by atoms with van der Waals surface area (Å²) in [6.45, 7) is 0.743. The number of para-hydroxylation sites is 1. The van der Waals surface area contributed by atoms with Crippen molar-refractivity contribution in [3.63, 3.8) is 0 Å². The van der Waals surface area contributed by atoms with Gasteiger partial charge in [0.1, 0.15) is 5.75 Å². The smallest absolute Gasteiger partial charge is 0.335 e. The number of ether oxygens (including phenoxy) is 2. The lowest BCUT2D eigenvalue weighted by Gasteiger charge is -2.13. The molecule has 1 atom stereocenters. The normalized spacial score (nSPS) is 11.9. The van der Waals surface area contributed by atoms with E-state index in [0.717, 1.165) is 24.8 Å². The number of rotatable bonds is 9. The molecule has 0 aromatic heterocycles. The van der Waals surface area contributed by atoms with Crippen LogP contribution in [0.3, 0.4) is 0 Å². The summed E-state index contributed by atoms with van der Waals surface area (Å²) in [6.07, 6.45) is 1.52. The number of carbonyl (C=O) groups is 1. The molecule has 0 spiro atoms. The van der Waals surface area contributed by atoms with Gasteiger partial charge in [-0.25, -0.2) is 4.79 Å². The third-order valence-electron chi connectivity index (χ3n) is 2.92. The van der Waals surface area contributed by atoms with Crippen LogP contribution in [0.25, 0.3) is 0 Å². The third kappa shape index (κ3) is 5.59. The lowest BCUT2D eigenvalue weighted by atomic mass is 10.1. The number of methoxy groups -OCH3 is 1. The predicted octanol–water partition coefficient (Wildman–Crippen LogP) is 1.30. The van der Waals surface area contributed by atoms with E-state index in [1.165, 1.54) is 7.11 Å². The molecule has 0 aliphatic carbocycles. The molecule has 1 aromatic carbocycles. The molecule has 0 amide bonds. The van der Waals surface area contributed by atoms with Crippen molar-refractivity contribution in [2.24, 2.45) is 0 Å². The second-order valence-electron chi connectivity index (χ2n) is 4.48. The monoisotopic (exact) mass is 282 g/mol. The van der Waals surface area contributed by atoms with Gasteiger partial charge in [-0.15, -0.1) is 0 Å². The van der Waals surface area contributed by atoms with E-state index in [4.69, 9.17) is 9.84 Å². The lowest BCUT2D eigenvalue weighted by molar-refractivity contribution is -0.150. The number of unbranched alkanes of at least 4 members (excludes halogenated alkanes) is 2. The summed E-state index contributed by atoms with van der Waals surface area (Å²) in [5, 5.41) is 18.4. The van der Waals surface area contributed by atoms with Crippen LogP contribution >= 0.6 is 0 Å². The van der Waals surface area contributed by atoms with Crippen LogP contribution in [0.4, 0.5) is 0 Å². The van der Waals surface area contributed by atoms with Crippen molar-refractivity contribution >= 4 is 5.97 Å². The Morgan fingerprint density at radius 1 is 1.25 bits per heavy atom. The molecule has 5 nitrogen and oxygen atoms in total. The van der Waals surface area contributed by atoms with Crippen LogP contribution in [0, 0.1) is 0 Å². The van der Waals surface area contributed by atoms with Gasteiger partial charge in [-0.05, 0) is 30.9 Å². The summed E-state index contributed by atoms with van der Waals surface area (Å²) in [5.74, 6) is 0.0159. The van der Waals surface area contributed by atoms with Crippen LogP contribution in [-0.4, -0.2) is 42.6 Å². The van der Waals surface area contributed by atoms with Gasteiger partial charge in [0.05, 0.1) is 13.7 Å². The highest BCUT2D eigenvalue weighted by Crippen LogP contribution is 2.20. The first-order chi connectivity index (χ1) is 9.69. The van der Waals surface area contributed by atoms with Crippen molar-refractivity contribution in [3.05, 3.63) is 29.8 Å². The maximum absolute atomic E-state index is 11.2. The zero-order valence-corrected chi connectivity index (χ0v) is 11.7. The first-order valence-electron chi connectivity index (χ1n) is 6.76. The molecule has 1 aromatic rings. The van der Waals surface area contributed by atoms with E-state index in [1.54, 1.807) is 0 Å². The SMILES string of the molecule is COC(=O)C(O)Cc1ccccc1OCCCCCO. The molecule has 20 heavy (non-hydrogen) atoms. The molecular formula is C15H22O5. The van der Waals surface area contributed by atoms with Crippen molar-refractivity contribution in [1.82, 2.24) is 0 Å². The molecule has 0 saturated carbocycles. The Labute approximate surface area is 119 Å². The van der Waals surface area contributed by atoms with Crippen molar-refractivity contribution < 1.29 is 24.5 Å². The van der Waals surface area contributed by atoms with Gasteiger partial charge in [0, 0.05) is 13.0 Å². The summed E-state index contributed by atoms with van der Waals surface area (Å²) >= 11 is 0. The molecular weight excluding hydrogens is 260 g/mol. The van der Waals surface area contributed by atoms with Crippen LogP contribution in [0.5, 0.6) is 5.75 Å². The average Bonchev–Trinajstić information content (AvgIpc) is 2.47. The highest BCUT2D eigenvalue weighted by Gasteiger charge is 2.17. The molecule has 0 bridgehead atoms. The van der Waals surface area contributed by atoms with Crippen molar-refractivity contribution in [3.8, 4) is 5.75 Å². The summed E-state index contributed by atoms with van der Waals surface area (Å²) in [7, 11) is 1.25. The molecule has 1 unspecified atom stereocenters. The number of esters is 1. The number of aliphatic hydroxyl groups is 2. The molecule has 112 valence electrons. The molecule has 5 heteroatoms. The first kappa shape index (κ1) is 16.5. The van der Waals surface area contributed by atoms with Gasteiger partial charge in [-0.1, -0.05) is 18.2 Å². The van der Waals surface area contributed by atoms with Crippen LogP contribution in [0.15, 0.2) is 24.3 Å². The van der Waals surface area contributed by atoms with Crippen molar-refractivity contribution in [2.45, 2.75) is 31.8 Å². The van der Waals surface area contributed by atoms with Gasteiger partial charge in [-0.3, -0.25) is 0 Å². The summed E-state index contributed by atoms with van der Waals surface area (Å²) in [6, 6.07) is 7.30. The van der Waals surface area contributed by atoms with Crippen LogP contribution in [0.2, 0.25) is 0 Å². The average molecular weight is 282 g/mol. The fourth-order valence-corrected chi connectivity index (χ4v) is 1.81. The summed E-state index contributed by atoms with van der Waals surface area (Å²) in [4.78, 5) is 11.2. The standard InChI is InChI=1S/C15H22O5/c1-19-15(18)13(17)11-12-7-3-4-8-14(12)20-10-6-2-5-9-16/h3-4,7-8,13,16-17H,2,5-6,9-11H2,1H3. The summed E-state index contributed by atoms with van der Waals surface area (Å²) in [5.41, 5.74) is 0.771. The molecule has 1 rings (SSSR count). The van der Waals surface area contributed by atoms with Crippen molar-refractivity contribution in [2.75, 3.05) is 20.3 Å². The Kier molecular flexibility index (Phi) is 7.69. The topological polar surface area (TPSA) is 76.0 Å². The van der Waals surface area contributed by atoms with Gasteiger partial charge < -0.3 is 19.7 Å². The minimum absolute atomic E-state index is 0.166. The van der Waals surface area contributed by atoms with Gasteiger partial charge in [0.25, 0.3) is 0 Å². The number of benzene rings is 1. The summed E-state index contributed by atoms with van der Waals surface area (Å²) < 4.78 is 10.1. The highest BCUT2D eigenvalue weighted by atomic mass is 16.5. The number of hydrogen-bond donors (Lipinski definition) is 2. The molecule has 2 N–H and O–H groups in total. The quantitative estimate of drug-likeness (QED) is 0.527. The molecule has 0 heterocycles. The van der Waals surface area contributed by atoms with E-state index in [0.29, 0.717) is 12.4 Å². The Balaban J connectivity index is 2.52. The van der Waals surface area contributed by atoms with E-state index in [9.17, 15) is 9.90 Å². The molecule has 0 fully saturated rings. The molecule has 0 aliphatic rings. The number of carbonyl (C=O) groups excluding carboxylic acids is 1. The number of hydrogen-bond acceptors (Lipinski definition) is 5. The second-order valence-corrected chi connectivity index (χ2v) is 4.48. The lowest BCUT2D eigenvalue weighted by Crippen LogP contribution is -2.24. The van der Waals surface area contributed by atoms with Gasteiger partial charge in [-0.2, -0.15) is 0 Å². The Bertz CT molecular complexity index is 405. The van der Waals surface area contributed by atoms with Gasteiger partial charge in [0.2, 0.25) is 0 Å². The fraction of sp³-hybridized carbons (Fsp3) is 0.533. The van der Waals surface area contributed by atoms with E-state index >= 15 is 0 Å². The molecule has 0 radical (unpaired) electrons. The minimum Gasteiger partial charge on any atom is -0.493 e. The maximum Gasteiger partial charge on any atom is 0.335 e. The molecule has 0 saturated heterocycles. The molecule has 0 aliphatic heterocycles. The van der Waals surface area contributed by atoms with Crippen LogP contribution in [0.1, 0.15) is 24.8 Å². The second kappa shape index (κ2) is 9.34. The Morgan fingerprint density at radius 2 is 2.00 bits per heavy atom. The van der Waals surface area contributed by atoms with E-state index in [-0.39, 0.29) is 13.0 Å². The van der Waals surface area contributed by atoms with Crippen LogP contribution < -0.4 is 4.74 Å². The van der Waals surface area contributed by atoms with E-state index in [2.05, 4.69) is 4.74 Å². The fourth-order valence-electron chi connectivity index (χ4n) is 1.81. The Morgan fingerprint density at radius 3 is 2.70 bits per heavy atom. The van der Waals surface area contributed by atoms with Gasteiger partial charge in [0.15, 0.2) is 6.10 Å². The van der Waals surface area contributed by atoms with Gasteiger partial charge >= 0.3 is 5.97 Å². The Hall–Kier alpha value is -1.59. The maximum atomic E-state index is 11.2. The first-order valence-corrected chi connectivity index (χ1v) is 6.76. The number of aliphatic hydroxyl groups excluding tert-OH is 2. The van der Waals surface area contributed by atoms with Crippen LogP contribution in [-0.2, 0) is 16.0 Å². The largest absolute Gasteiger partial charge is 0.493 e. The predicted molar refractivity (Wildman–Crippen MR) is 74.6 cm³/mol.